The molecule has 0 heterocycles. The minimum Gasteiger partial charge on any atom is -0.504 e. The molecule has 2 rings (SSSR count). The molecule has 23 heavy (non-hydrogen) atoms. The van der Waals surface area contributed by atoms with Gasteiger partial charge in [0.05, 0.1) is 7.11 Å². The summed E-state index contributed by atoms with van der Waals surface area (Å²) in [5, 5.41) is 10.8. The van der Waals surface area contributed by atoms with E-state index >= 15 is 0 Å². The summed E-state index contributed by atoms with van der Waals surface area (Å²) in [6.07, 6.45) is 1.67. The van der Waals surface area contributed by atoms with Gasteiger partial charge in [0.1, 0.15) is 0 Å². The molecular weight excluding hydrogens is 398 g/mol. The number of hydrogen-bond donors (Lipinski definition) is 1. The van der Waals surface area contributed by atoms with Gasteiger partial charge in [0.25, 0.3) is 0 Å². The van der Waals surface area contributed by atoms with Crippen molar-refractivity contribution in [3.05, 3.63) is 57.0 Å². The van der Waals surface area contributed by atoms with Gasteiger partial charge < -0.3 is 9.84 Å². The summed E-state index contributed by atoms with van der Waals surface area (Å²) in [7, 11) is 1.52. The van der Waals surface area contributed by atoms with Crippen LogP contribution in [0, 0.1) is 0 Å². The van der Waals surface area contributed by atoms with Gasteiger partial charge in [-0.2, -0.15) is 11.8 Å². The predicted molar refractivity (Wildman–Crippen MR) is 102 cm³/mol. The summed E-state index contributed by atoms with van der Waals surface area (Å²) in [5.41, 5.74) is 1.77. The Labute approximate surface area is 153 Å². The van der Waals surface area contributed by atoms with Gasteiger partial charge in [-0.15, -0.1) is 0 Å². The third-order valence-corrected chi connectivity index (χ3v) is 4.91. The summed E-state index contributed by atoms with van der Waals surface area (Å²) in [4.78, 5) is 4.36. The van der Waals surface area contributed by atoms with Crippen molar-refractivity contribution in [3.63, 3.8) is 0 Å². The molecule has 0 atom stereocenters. The maximum absolute atomic E-state index is 10.0. The quantitative estimate of drug-likeness (QED) is 0.502. The summed E-state index contributed by atoms with van der Waals surface area (Å²) in [5.74, 6) is 2.27. The lowest BCUT2D eigenvalue weighted by Crippen LogP contribution is -1.92. The first kappa shape index (κ1) is 18.2. The second-order valence-corrected chi connectivity index (χ2v) is 7.15. The number of benzene rings is 2. The number of aliphatic imine (C=N–C) groups is 1. The Morgan fingerprint density at radius 3 is 2.87 bits per heavy atom. The van der Waals surface area contributed by atoms with Gasteiger partial charge in [-0.05, 0) is 23.8 Å². The maximum Gasteiger partial charge on any atom is 0.166 e. The van der Waals surface area contributed by atoms with E-state index in [0.29, 0.717) is 17.9 Å². The zero-order valence-corrected chi connectivity index (χ0v) is 15.8. The van der Waals surface area contributed by atoms with Crippen molar-refractivity contribution in [1.29, 1.82) is 0 Å². The standard InChI is InChI=1S/C17H17BrClNO2S/c1-22-16-9-14(18)8-13(17(16)21)10-20-6-7-23-11-12-4-2-3-5-15(12)19/h2-5,8-10,21H,6-7,11H2,1H3. The molecule has 1 N–H and O–H groups in total. The van der Waals surface area contributed by atoms with E-state index in [-0.39, 0.29) is 5.75 Å². The Bertz CT molecular complexity index is 694. The van der Waals surface area contributed by atoms with Crippen LogP contribution in [0.15, 0.2) is 45.9 Å². The molecule has 0 radical (unpaired) electrons. The highest BCUT2D eigenvalue weighted by molar-refractivity contribution is 9.10. The first-order chi connectivity index (χ1) is 11.1. The van der Waals surface area contributed by atoms with Crippen molar-refractivity contribution in [2.75, 3.05) is 19.4 Å². The van der Waals surface area contributed by atoms with E-state index in [2.05, 4.69) is 20.9 Å². The average molecular weight is 415 g/mol. The van der Waals surface area contributed by atoms with Crippen molar-refractivity contribution in [2.24, 2.45) is 4.99 Å². The van der Waals surface area contributed by atoms with Crippen molar-refractivity contribution < 1.29 is 9.84 Å². The lowest BCUT2D eigenvalue weighted by molar-refractivity contribution is 0.373. The highest BCUT2D eigenvalue weighted by atomic mass is 79.9. The molecule has 0 spiro atoms. The predicted octanol–water partition coefficient (Wildman–Crippen LogP) is 5.17. The summed E-state index contributed by atoms with van der Waals surface area (Å²) < 4.78 is 5.95. The van der Waals surface area contributed by atoms with Crippen molar-refractivity contribution >= 4 is 45.5 Å². The van der Waals surface area contributed by atoms with Crippen LogP contribution in [0.2, 0.25) is 5.02 Å². The first-order valence-electron chi connectivity index (χ1n) is 6.99. The van der Waals surface area contributed by atoms with Crippen LogP contribution < -0.4 is 4.74 Å². The van der Waals surface area contributed by atoms with Crippen molar-refractivity contribution in [3.8, 4) is 11.5 Å². The van der Waals surface area contributed by atoms with E-state index in [0.717, 1.165) is 26.6 Å². The smallest absolute Gasteiger partial charge is 0.166 e. The van der Waals surface area contributed by atoms with Crippen LogP contribution in [0.25, 0.3) is 0 Å². The topological polar surface area (TPSA) is 41.8 Å². The summed E-state index contributed by atoms with van der Waals surface area (Å²) in [6, 6.07) is 11.4. The van der Waals surface area contributed by atoms with Gasteiger partial charge in [0.2, 0.25) is 0 Å². The van der Waals surface area contributed by atoms with Gasteiger partial charge in [-0.3, -0.25) is 4.99 Å². The van der Waals surface area contributed by atoms with Crippen LogP contribution in [0.3, 0.4) is 0 Å². The van der Waals surface area contributed by atoms with E-state index in [4.69, 9.17) is 16.3 Å². The average Bonchev–Trinajstić information content (AvgIpc) is 2.55. The molecule has 0 unspecified atom stereocenters. The van der Waals surface area contributed by atoms with Crippen molar-refractivity contribution in [2.45, 2.75) is 5.75 Å². The minimum atomic E-state index is 0.100. The molecule has 2 aromatic rings. The Kier molecular flexibility index (Phi) is 7.27. The largest absolute Gasteiger partial charge is 0.504 e. The van der Waals surface area contributed by atoms with E-state index in [1.807, 2.05) is 24.3 Å². The molecule has 122 valence electrons. The Morgan fingerprint density at radius 2 is 2.13 bits per heavy atom. The molecule has 0 saturated carbocycles. The normalized spacial score (nSPS) is 11.1. The number of rotatable bonds is 7. The number of phenolic OH excluding ortho intramolecular Hbond substituents is 1. The Morgan fingerprint density at radius 1 is 1.35 bits per heavy atom. The van der Waals surface area contributed by atoms with Crippen LogP contribution >= 0.6 is 39.3 Å². The molecule has 0 fully saturated rings. The number of thioether (sulfide) groups is 1. The Balaban J connectivity index is 1.84. The van der Waals surface area contributed by atoms with E-state index in [9.17, 15) is 5.11 Å². The van der Waals surface area contributed by atoms with E-state index in [1.54, 1.807) is 30.1 Å². The molecule has 6 heteroatoms. The molecule has 0 aromatic heterocycles. The second kappa shape index (κ2) is 9.21. The molecule has 0 aliphatic carbocycles. The van der Waals surface area contributed by atoms with E-state index < -0.39 is 0 Å². The van der Waals surface area contributed by atoms with Crippen LogP contribution in [-0.2, 0) is 5.75 Å². The SMILES string of the molecule is COc1cc(Br)cc(C=NCCSCc2ccccc2Cl)c1O. The van der Waals surface area contributed by atoms with Gasteiger partial charge in [-0.25, -0.2) is 0 Å². The highest BCUT2D eigenvalue weighted by Gasteiger charge is 2.07. The molecule has 0 saturated heterocycles. The number of ether oxygens (including phenoxy) is 1. The van der Waals surface area contributed by atoms with Crippen molar-refractivity contribution in [1.82, 2.24) is 0 Å². The fourth-order valence-electron chi connectivity index (χ4n) is 1.93. The zero-order chi connectivity index (χ0) is 16.7. The Hall–Kier alpha value is -1.17. The maximum atomic E-state index is 10.0. The van der Waals surface area contributed by atoms with Crippen LogP contribution in [0.4, 0.5) is 0 Å². The fourth-order valence-corrected chi connectivity index (χ4v) is 3.51. The van der Waals surface area contributed by atoms with Gasteiger partial charge >= 0.3 is 0 Å². The van der Waals surface area contributed by atoms with Gasteiger partial charge in [0, 0.05) is 39.3 Å². The molecule has 0 aliphatic rings. The third-order valence-electron chi connectivity index (χ3n) is 3.10. The molecule has 3 nitrogen and oxygen atoms in total. The van der Waals surface area contributed by atoms with Gasteiger partial charge in [0.15, 0.2) is 11.5 Å². The third kappa shape index (κ3) is 5.44. The van der Waals surface area contributed by atoms with Gasteiger partial charge in [-0.1, -0.05) is 45.7 Å². The first-order valence-corrected chi connectivity index (χ1v) is 9.32. The number of aromatic hydroxyl groups is 1. The lowest BCUT2D eigenvalue weighted by atomic mass is 10.2. The fraction of sp³-hybridized carbons (Fsp3) is 0.235. The number of phenols is 1. The second-order valence-electron chi connectivity index (χ2n) is 4.73. The highest BCUT2D eigenvalue weighted by Crippen LogP contribution is 2.32. The number of hydrogen-bond acceptors (Lipinski definition) is 4. The zero-order valence-electron chi connectivity index (χ0n) is 12.6. The molecular formula is C17H17BrClNO2S. The lowest BCUT2D eigenvalue weighted by Gasteiger charge is -2.06. The van der Waals surface area contributed by atoms with Crippen LogP contribution in [0.1, 0.15) is 11.1 Å². The molecule has 0 bridgehead atoms. The van der Waals surface area contributed by atoms with Crippen LogP contribution in [0.5, 0.6) is 11.5 Å². The molecule has 0 amide bonds. The summed E-state index contributed by atoms with van der Waals surface area (Å²) >= 11 is 11.3. The number of nitrogens with zero attached hydrogens (tertiary/aromatic N) is 1. The molecule has 0 aliphatic heterocycles. The monoisotopic (exact) mass is 413 g/mol. The molecule has 2 aromatic carbocycles. The number of methoxy groups -OCH3 is 1. The van der Waals surface area contributed by atoms with E-state index in [1.165, 1.54) is 7.11 Å². The minimum absolute atomic E-state index is 0.100. The van der Waals surface area contributed by atoms with Crippen LogP contribution in [-0.4, -0.2) is 30.7 Å². The number of halogens is 2. The summed E-state index contributed by atoms with van der Waals surface area (Å²) in [6.45, 7) is 0.670.